The molecule has 0 aliphatic heterocycles. The Morgan fingerprint density at radius 3 is 2.06 bits per heavy atom. The second kappa shape index (κ2) is 8.90. The molecule has 0 saturated heterocycles. The van der Waals surface area contributed by atoms with Gasteiger partial charge in [-0.15, -0.1) is 0 Å². The second-order valence-electron chi connectivity index (χ2n) is 5.36. The summed E-state index contributed by atoms with van der Waals surface area (Å²) in [6, 6.07) is 0. The zero-order chi connectivity index (χ0) is 12.4. The van der Waals surface area contributed by atoms with Gasteiger partial charge in [-0.05, 0) is 45.1 Å². The van der Waals surface area contributed by atoms with E-state index in [1.165, 1.54) is 25.7 Å². The van der Waals surface area contributed by atoms with E-state index in [1.54, 1.807) is 0 Å². The molecule has 0 radical (unpaired) electrons. The average Bonchev–Trinajstić information content (AvgIpc) is 2.33. The monoisotopic (exact) mass is 243 g/mol. The lowest BCUT2D eigenvalue weighted by Gasteiger charge is -2.33. The van der Waals surface area contributed by atoms with Crippen LogP contribution in [0.4, 0.5) is 0 Å². The zero-order valence-corrected chi connectivity index (χ0v) is 11.1. The summed E-state index contributed by atoms with van der Waals surface area (Å²) >= 11 is 0. The zero-order valence-electron chi connectivity index (χ0n) is 11.1. The van der Waals surface area contributed by atoms with Crippen LogP contribution < -0.4 is 5.32 Å². The summed E-state index contributed by atoms with van der Waals surface area (Å²) < 4.78 is 0. The van der Waals surface area contributed by atoms with Gasteiger partial charge < -0.3 is 10.2 Å². The Bertz CT molecular complexity index is 179. The fourth-order valence-corrected chi connectivity index (χ4v) is 2.58. The number of hydrogen-bond acceptors (Lipinski definition) is 3. The summed E-state index contributed by atoms with van der Waals surface area (Å²) in [7, 11) is 0. The molecule has 3 N–H and O–H groups in total. The highest BCUT2D eigenvalue weighted by atomic mass is 16.3. The Morgan fingerprint density at radius 2 is 1.41 bits per heavy atom. The minimum absolute atomic E-state index is 0.328. The minimum atomic E-state index is -0.560. The molecule has 0 aromatic heterocycles. The number of unbranched alkanes of at least 4 members (excludes halogenated alkanes) is 5. The van der Waals surface area contributed by atoms with Crippen molar-refractivity contribution in [3.05, 3.63) is 0 Å². The van der Waals surface area contributed by atoms with Gasteiger partial charge in [-0.3, -0.25) is 5.32 Å². The van der Waals surface area contributed by atoms with Crippen molar-refractivity contribution in [1.29, 1.82) is 0 Å². The number of aliphatic hydroxyl groups excluding tert-OH is 1. The van der Waals surface area contributed by atoms with Gasteiger partial charge in [0, 0.05) is 6.61 Å². The van der Waals surface area contributed by atoms with Crippen molar-refractivity contribution in [2.24, 2.45) is 0 Å². The molecule has 3 heteroatoms. The van der Waals surface area contributed by atoms with Gasteiger partial charge in [0.15, 0.2) is 0 Å². The van der Waals surface area contributed by atoms with E-state index >= 15 is 0 Å². The summed E-state index contributed by atoms with van der Waals surface area (Å²) in [5, 5.41) is 22.2. The minimum Gasteiger partial charge on any atom is -0.396 e. The van der Waals surface area contributed by atoms with E-state index in [0.717, 1.165) is 51.5 Å². The molecular weight excluding hydrogens is 214 g/mol. The molecule has 17 heavy (non-hydrogen) atoms. The second-order valence-corrected chi connectivity index (χ2v) is 5.36. The Labute approximate surface area is 106 Å². The first kappa shape index (κ1) is 14.9. The van der Waals surface area contributed by atoms with Crippen molar-refractivity contribution in [1.82, 2.24) is 5.32 Å². The average molecular weight is 243 g/mol. The molecule has 1 fully saturated rings. The standard InChI is InChI=1S/C14H29NO2/c16-13-9-4-2-1-3-8-12-15-14(17)10-6-5-7-11-14/h15-17H,1-13H2. The summed E-state index contributed by atoms with van der Waals surface area (Å²) in [4.78, 5) is 0. The lowest BCUT2D eigenvalue weighted by molar-refractivity contribution is -0.0278. The van der Waals surface area contributed by atoms with Crippen LogP contribution in [0.5, 0.6) is 0 Å². The first-order chi connectivity index (χ1) is 8.27. The molecule has 1 rings (SSSR count). The first-order valence-electron chi connectivity index (χ1n) is 7.35. The van der Waals surface area contributed by atoms with Gasteiger partial charge >= 0.3 is 0 Å². The topological polar surface area (TPSA) is 52.5 Å². The molecule has 0 aromatic rings. The maximum Gasteiger partial charge on any atom is 0.116 e. The Kier molecular flexibility index (Phi) is 7.82. The highest BCUT2D eigenvalue weighted by Gasteiger charge is 2.27. The van der Waals surface area contributed by atoms with Crippen LogP contribution in [0.1, 0.15) is 70.6 Å². The molecule has 0 unspecified atom stereocenters. The predicted molar refractivity (Wildman–Crippen MR) is 70.8 cm³/mol. The van der Waals surface area contributed by atoms with Crippen LogP contribution >= 0.6 is 0 Å². The van der Waals surface area contributed by atoms with Crippen molar-refractivity contribution in [3.8, 4) is 0 Å². The molecule has 1 saturated carbocycles. The lowest BCUT2D eigenvalue weighted by Crippen LogP contribution is -2.46. The molecule has 0 spiro atoms. The van der Waals surface area contributed by atoms with E-state index in [0.29, 0.717) is 6.61 Å². The maximum absolute atomic E-state index is 10.2. The number of rotatable bonds is 9. The van der Waals surface area contributed by atoms with Crippen molar-refractivity contribution >= 4 is 0 Å². The molecule has 0 amide bonds. The summed E-state index contributed by atoms with van der Waals surface area (Å²) in [6.45, 7) is 1.27. The highest BCUT2D eigenvalue weighted by molar-refractivity contribution is 4.79. The van der Waals surface area contributed by atoms with Crippen molar-refractivity contribution < 1.29 is 10.2 Å². The predicted octanol–water partition coefficient (Wildman–Crippen LogP) is 2.56. The number of aliphatic hydroxyl groups is 2. The maximum atomic E-state index is 10.2. The Hall–Kier alpha value is -0.120. The fourth-order valence-electron chi connectivity index (χ4n) is 2.58. The van der Waals surface area contributed by atoms with Crippen molar-refractivity contribution in [2.75, 3.05) is 13.2 Å². The van der Waals surface area contributed by atoms with Gasteiger partial charge in [0.2, 0.25) is 0 Å². The van der Waals surface area contributed by atoms with E-state index in [1.807, 2.05) is 0 Å². The third kappa shape index (κ3) is 7.02. The van der Waals surface area contributed by atoms with Gasteiger partial charge in [-0.1, -0.05) is 32.1 Å². The van der Waals surface area contributed by atoms with E-state index < -0.39 is 5.72 Å². The van der Waals surface area contributed by atoms with Crippen molar-refractivity contribution in [3.63, 3.8) is 0 Å². The smallest absolute Gasteiger partial charge is 0.116 e. The van der Waals surface area contributed by atoms with E-state index in [4.69, 9.17) is 5.11 Å². The number of hydrogen-bond donors (Lipinski definition) is 3. The largest absolute Gasteiger partial charge is 0.396 e. The highest BCUT2D eigenvalue weighted by Crippen LogP contribution is 2.25. The van der Waals surface area contributed by atoms with Gasteiger partial charge in [-0.2, -0.15) is 0 Å². The molecule has 0 aromatic carbocycles. The van der Waals surface area contributed by atoms with Gasteiger partial charge in [-0.25, -0.2) is 0 Å². The van der Waals surface area contributed by atoms with Crippen LogP contribution in [0.3, 0.4) is 0 Å². The van der Waals surface area contributed by atoms with Crippen LogP contribution in [0.25, 0.3) is 0 Å². The summed E-state index contributed by atoms with van der Waals surface area (Å²) in [6.07, 6.45) is 12.4. The molecule has 0 heterocycles. The third-order valence-electron chi connectivity index (χ3n) is 3.72. The normalized spacial score (nSPS) is 19.4. The lowest BCUT2D eigenvalue weighted by atomic mass is 9.91. The van der Waals surface area contributed by atoms with Gasteiger partial charge in [0.05, 0.1) is 0 Å². The summed E-state index contributed by atoms with van der Waals surface area (Å²) in [5.74, 6) is 0. The van der Waals surface area contributed by atoms with Crippen LogP contribution in [-0.4, -0.2) is 29.1 Å². The Morgan fingerprint density at radius 1 is 0.824 bits per heavy atom. The van der Waals surface area contributed by atoms with Crippen LogP contribution in [0, 0.1) is 0 Å². The van der Waals surface area contributed by atoms with Crippen LogP contribution in [0.2, 0.25) is 0 Å². The fraction of sp³-hybridized carbons (Fsp3) is 1.00. The molecule has 0 atom stereocenters. The molecule has 0 bridgehead atoms. The molecule has 102 valence electrons. The Balaban J connectivity index is 1.89. The quantitative estimate of drug-likeness (QED) is 0.431. The SMILES string of the molecule is OCCCCCCCCNC1(O)CCCCC1. The third-order valence-corrected chi connectivity index (χ3v) is 3.72. The van der Waals surface area contributed by atoms with Crippen LogP contribution in [-0.2, 0) is 0 Å². The van der Waals surface area contributed by atoms with E-state index in [-0.39, 0.29) is 0 Å². The molecule has 1 aliphatic rings. The summed E-state index contributed by atoms with van der Waals surface area (Å²) in [5.41, 5.74) is -0.560. The van der Waals surface area contributed by atoms with Gasteiger partial charge in [0.1, 0.15) is 5.72 Å². The van der Waals surface area contributed by atoms with Crippen LogP contribution in [0.15, 0.2) is 0 Å². The first-order valence-corrected chi connectivity index (χ1v) is 7.35. The van der Waals surface area contributed by atoms with E-state index in [2.05, 4.69) is 5.32 Å². The molecular formula is C14H29NO2. The molecule has 1 aliphatic carbocycles. The van der Waals surface area contributed by atoms with Gasteiger partial charge in [0.25, 0.3) is 0 Å². The molecule has 3 nitrogen and oxygen atoms in total. The van der Waals surface area contributed by atoms with E-state index in [9.17, 15) is 5.11 Å². The van der Waals surface area contributed by atoms with Crippen molar-refractivity contribution in [2.45, 2.75) is 76.4 Å². The number of nitrogens with one attached hydrogen (secondary N) is 1.